The topological polar surface area (TPSA) is 135 Å². The Morgan fingerprint density at radius 3 is 2.25 bits per heavy atom. The van der Waals surface area contributed by atoms with Crippen molar-refractivity contribution in [1.29, 1.82) is 0 Å². The van der Waals surface area contributed by atoms with Gasteiger partial charge in [0.15, 0.2) is 11.6 Å². The molecule has 0 saturated heterocycles. The molecule has 0 spiro atoms. The molecule has 306 valence electrons. The molecule has 0 radical (unpaired) electrons. The number of carbonyl (C=O) groups excluding carboxylic acids is 3. The van der Waals surface area contributed by atoms with Crippen LogP contribution in [-0.2, 0) is 42.8 Å². The minimum Gasteiger partial charge on any atom is -0.489 e. The van der Waals surface area contributed by atoms with Gasteiger partial charge in [0.05, 0.1) is 30.6 Å². The van der Waals surface area contributed by atoms with E-state index >= 15 is 8.78 Å². The van der Waals surface area contributed by atoms with Gasteiger partial charge in [0.1, 0.15) is 30.6 Å². The zero-order valence-electron chi connectivity index (χ0n) is 30.6. The molecular weight excluding hydrogens is 764 g/mol. The number of esters is 1. The molecule has 20 heteroatoms. The molecule has 12 nitrogen and oxygen atoms in total. The molecule has 0 atom stereocenters. The number of methoxy groups -OCH3 is 2. The summed E-state index contributed by atoms with van der Waals surface area (Å²) in [6.07, 6.45) is -8.30. The van der Waals surface area contributed by atoms with Gasteiger partial charge in [0, 0.05) is 38.4 Å². The molecule has 1 aromatic heterocycles. The number of nitrogens with zero attached hydrogens (tertiary/aromatic N) is 4. The normalized spacial score (nSPS) is 14.1. The van der Waals surface area contributed by atoms with Gasteiger partial charge in [-0.25, -0.2) is 24.2 Å². The number of aromatic nitrogens is 2. The predicted molar refractivity (Wildman–Crippen MR) is 183 cm³/mol. The highest BCUT2D eigenvalue weighted by Gasteiger charge is 2.49. The molecule has 0 bridgehead atoms. The van der Waals surface area contributed by atoms with Crippen LogP contribution >= 0.6 is 0 Å². The average Bonchev–Trinajstić information content (AvgIpc) is 3.66. The minimum atomic E-state index is -4.98. The first kappa shape index (κ1) is 43.8. The lowest BCUT2D eigenvalue weighted by molar-refractivity contribution is -0.178. The average molecular weight is 805 g/mol. The lowest BCUT2D eigenvalue weighted by Crippen LogP contribution is -2.60. The number of nitrogens with one attached hydrogen (secondary N) is 2. The molecule has 1 aliphatic carbocycles. The predicted octanol–water partition coefficient (Wildman–Crippen LogP) is 6.15. The third-order valence-corrected chi connectivity index (χ3v) is 9.12. The Labute approximate surface area is 316 Å². The minimum absolute atomic E-state index is 0.00579. The number of likely N-dealkylation sites (N-methyl/N-ethyl adjacent to an activating group) is 1. The number of carbonyl (C=O) groups is 3. The fourth-order valence-electron chi connectivity index (χ4n) is 6.19. The number of amides is 2. The molecule has 2 N–H and O–H groups in total. The number of rotatable bonds is 17. The van der Waals surface area contributed by atoms with E-state index < -0.39 is 94.2 Å². The maximum Gasteiger partial charge on any atom is 0.433 e. The summed E-state index contributed by atoms with van der Waals surface area (Å²) >= 11 is 0. The van der Waals surface area contributed by atoms with Crippen LogP contribution in [0.25, 0.3) is 11.3 Å². The summed E-state index contributed by atoms with van der Waals surface area (Å²) in [5.41, 5.74) is -6.17. The first-order valence-corrected chi connectivity index (χ1v) is 17.3. The number of hydrazine groups is 1. The van der Waals surface area contributed by atoms with Crippen LogP contribution in [0.5, 0.6) is 5.75 Å². The lowest BCUT2D eigenvalue weighted by Gasteiger charge is -2.43. The third-order valence-electron chi connectivity index (χ3n) is 9.12. The molecule has 0 aliphatic heterocycles. The van der Waals surface area contributed by atoms with E-state index in [1.165, 1.54) is 18.1 Å². The van der Waals surface area contributed by atoms with Gasteiger partial charge in [0.2, 0.25) is 17.6 Å². The van der Waals surface area contributed by atoms with Crippen LogP contribution in [-0.4, -0.2) is 90.9 Å². The summed E-state index contributed by atoms with van der Waals surface area (Å²) in [6.45, 7) is 0.755. The summed E-state index contributed by atoms with van der Waals surface area (Å²) < 4.78 is 127. The molecule has 2 aromatic carbocycles. The van der Waals surface area contributed by atoms with Gasteiger partial charge in [-0.15, -0.1) is 0 Å². The number of halogens is 8. The fraction of sp³-hybridized carbons (Fsp3) is 0.472. The Bertz CT molecular complexity index is 1860. The molecule has 1 fully saturated rings. The second kappa shape index (κ2) is 18.8. The Hall–Kier alpha value is -4.95. The zero-order valence-corrected chi connectivity index (χ0v) is 30.6. The summed E-state index contributed by atoms with van der Waals surface area (Å²) in [5.74, 6) is -6.08. The van der Waals surface area contributed by atoms with Gasteiger partial charge in [0.25, 0.3) is 0 Å². The Balaban J connectivity index is 1.62. The highest BCUT2D eigenvalue weighted by atomic mass is 19.4. The van der Waals surface area contributed by atoms with Crippen LogP contribution in [0, 0.1) is 11.6 Å². The monoisotopic (exact) mass is 804 g/mol. The van der Waals surface area contributed by atoms with E-state index in [1.54, 1.807) is 7.11 Å². The summed E-state index contributed by atoms with van der Waals surface area (Å²) in [6, 6.07) is 4.54. The molecule has 56 heavy (non-hydrogen) atoms. The van der Waals surface area contributed by atoms with Crippen LogP contribution in [0.4, 0.5) is 40.8 Å². The van der Waals surface area contributed by atoms with Crippen LogP contribution in [0.15, 0.2) is 42.7 Å². The SMILES string of the molecule is COCCCNCCOc1ccc(CN(C(=O)CC(=O)Nc2ccc(C(F)(F)F)cc2-c2cc(C(F)(F)F)ncn2)N(C)C2(C(=O)OC)CCCC2)c(F)c1F. The van der Waals surface area contributed by atoms with E-state index in [0.717, 1.165) is 30.7 Å². The maximum absolute atomic E-state index is 15.6. The van der Waals surface area contributed by atoms with E-state index in [-0.39, 0.29) is 25.0 Å². The zero-order chi connectivity index (χ0) is 41.3. The van der Waals surface area contributed by atoms with Gasteiger partial charge in [-0.2, -0.15) is 30.7 Å². The highest BCUT2D eigenvalue weighted by Crippen LogP contribution is 2.39. The maximum atomic E-state index is 15.6. The number of hydrogen-bond donors (Lipinski definition) is 2. The molecule has 1 saturated carbocycles. The first-order chi connectivity index (χ1) is 26.4. The summed E-state index contributed by atoms with van der Waals surface area (Å²) in [5, 5.41) is 7.36. The Morgan fingerprint density at radius 2 is 1.61 bits per heavy atom. The first-order valence-electron chi connectivity index (χ1n) is 17.3. The lowest BCUT2D eigenvalue weighted by atomic mass is 9.97. The van der Waals surface area contributed by atoms with Gasteiger partial charge in [-0.1, -0.05) is 18.9 Å². The van der Waals surface area contributed by atoms with Crippen LogP contribution in [0.3, 0.4) is 0 Å². The summed E-state index contributed by atoms with van der Waals surface area (Å²) in [4.78, 5) is 47.2. The quantitative estimate of drug-likeness (QED) is 0.0538. The van der Waals surface area contributed by atoms with Crippen molar-refractivity contribution in [3.05, 3.63) is 71.2 Å². The van der Waals surface area contributed by atoms with E-state index in [9.17, 15) is 40.7 Å². The van der Waals surface area contributed by atoms with Crippen molar-refractivity contribution in [2.75, 3.05) is 52.9 Å². The van der Waals surface area contributed by atoms with Crippen LogP contribution in [0.1, 0.15) is 55.3 Å². The van der Waals surface area contributed by atoms with Crippen molar-refractivity contribution in [1.82, 2.24) is 25.3 Å². The molecule has 4 rings (SSSR count). The van der Waals surface area contributed by atoms with Gasteiger partial charge in [-0.3, -0.25) is 14.6 Å². The van der Waals surface area contributed by atoms with Gasteiger partial charge in [-0.05, 0) is 56.1 Å². The van der Waals surface area contributed by atoms with Crippen molar-refractivity contribution < 1.29 is 63.7 Å². The van der Waals surface area contributed by atoms with Crippen molar-refractivity contribution in [3.63, 3.8) is 0 Å². The summed E-state index contributed by atoms with van der Waals surface area (Å²) in [7, 11) is 4.04. The Morgan fingerprint density at radius 1 is 0.893 bits per heavy atom. The molecular formula is C36H40F8N6O6. The number of ether oxygens (including phenoxy) is 3. The molecule has 1 aliphatic rings. The smallest absolute Gasteiger partial charge is 0.433 e. The number of anilines is 1. The van der Waals surface area contributed by atoms with E-state index in [4.69, 9.17) is 14.2 Å². The van der Waals surface area contributed by atoms with Gasteiger partial charge >= 0.3 is 18.3 Å². The fourth-order valence-corrected chi connectivity index (χ4v) is 6.19. The molecule has 3 aromatic rings. The van der Waals surface area contributed by atoms with Crippen LogP contribution < -0.4 is 15.4 Å². The van der Waals surface area contributed by atoms with Gasteiger partial charge < -0.3 is 24.8 Å². The number of hydrogen-bond acceptors (Lipinski definition) is 10. The van der Waals surface area contributed by atoms with E-state index in [2.05, 4.69) is 20.6 Å². The van der Waals surface area contributed by atoms with Crippen molar-refractivity contribution in [2.45, 2.75) is 63.0 Å². The molecule has 0 unspecified atom stereocenters. The van der Waals surface area contributed by atoms with Crippen molar-refractivity contribution in [3.8, 4) is 17.0 Å². The molecule has 2 amide bonds. The van der Waals surface area contributed by atoms with Crippen molar-refractivity contribution in [2.24, 2.45) is 0 Å². The molecule has 1 heterocycles. The second-order valence-electron chi connectivity index (χ2n) is 12.8. The number of benzene rings is 2. The standard InChI is InChI=1S/C36H40F8N6O6/c1-49(34(33(53)55-3)11-4-5-12-34)50(20-22-7-10-27(32(38)31(22)37)56-16-14-45-13-6-15-54-2)30(52)19-29(51)48-25-9-8-23(35(39,40)41)17-24(25)26-18-28(36(42,43)44)47-21-46-26/h7-10,17-18,21,45H,4-6,11-16,19-20H2,1-3H3,(H,48,51). The largest absolute Gasteiger partial charge is 0.489 e. The highest BCUT2D eigenvalue weighted by molar-refractivity contribution is 6.05. The van der Waals surface area contributed by atoms with E-state index in [1.807, 2.05) is 0 Å². The third kappa shape index (κ3) is 10.7. The van der Waals surface area contributed by atoms with Crippen LogP contribution in [0.2, 0.25) is 0 Å². The second-order valence-corrected chi connectivity index (χ2v) is 12.8. The van der Waals surface area contributed by atoms with Crippen molar-refractivity contribution >= 4 is 23.5 Å². The van der Waals surface area contributed by atoms with E-state index in [0.29, 0.717) is 57.1 Å². The number of alkyl halides is 6. The Kier molecular flexibility index (Phi) is 14.7.